The molecule has 1 N–H and O–H groups in total. The lowest BCUT2D eigenvalue weighted by Crippen LogP contribution is -2.15. The highest BCUT2D eigenvalue weighted by Crippen LogP contribution is 2.10. The van der Waals surface area contributed by atoms with Crippen molar-refractivity contribution in [2.75, 3.05) is 5.32 Å². The Bertz CT molecular complexity index is 612. The molecular formula is C13H11ClN4O. The zero-order valence-corrected chi connectivity index (χ0v) is 10.8. The fourth-order valence-corrected chi connectivity index (χ4v) is 1.69. The highest BCUT2D eigenvalue weighted by Gasteiger charge is 2.06. The van der Waals surface area contributed by atoms with E-state index in [9.17, 15) is 4.79 Å². The second-order valence-corrected chi connectivity index (χ2v) is 4.34. The van der Waals surface area contributed by atoms with Gasteiger partial charge in [0.25, 0.3) is 0 Å². The molecule has 1 aromatic heterocycles. The minimum absolute atomic E-state index is 0.160. The van der Waals surface area contributed by atoms with Gasteiger partial charge >= 0.3 is 0 Å². The highest BCUT2D eigenvalue weighted by molar-refractivity contribution is 6.30. The number of benzene rings is 1. The third kappa shape index (κ3) is 3.83. The number of halogens is 1. The van der Waals surface area contributed by atoms with Crippen LogP contribution in [0.3, 0.4) is 0 Å². The summed E-state index contributed by atoms with van der Waals surface area (Å²) in [7, 11) is 0. The van der Waals surface area contributed by atoms with Gasteiger partial charge in [-0.3, -0.25) is 9.48 Å². The normalized spacial score (nSPS) is 9.89. The lowest BCUT2D eigenvalue weighted by molar-refractivity contribution is -0.115. The van der Waals surface area contributed by atoms with Gasteiger partial charge in [0.2, 0.25) is 5.91 Å². The number of carbonyl (C=O) groups is 1. The number of amides is 1. The van der Waals surface area contributed by atoms with Gasteiger partial charge in [0.05, 0.1) is 12.5 Å². The van der Waals surface area contributed by atoms with Crippen molar-refractivity contribution in [2.24, 2.45) is 0 Å². The van der Waals surface area contributed by atoms with Crippen LogP contribution in [0, 0.1) is 11.3 Å². The topological polar surface area (TPSA) is 70.7 Å². The van der Waals surface area contributed by atoms with Gasteiger partial charge in [-0.1, -0.05) is 23.7 Å². The molecule has 96 valence electrons. The molecule has 6 heteroatoms. The monoisotopic (exact) mass is 274 g/mol. The number of carbonyl (C=O) groups excluding carboxylic acids is 1. The van der Waals surface area contributed by atoms with Crippen molar-refractivity contribution < 1.29 is 4.79 Å². The Morgan fingerprint density at radius 2 is 2.11 bits per heavy atom. The molecule has 0 saturated carbocycles. The van der Waals surface area contributed by atoms with Gasteiger partial charge in [-0.25, -0.2) is 0 Å². The Morgan fingerprint density at radius 1 is 1.37 bits per heavy atom. The maximum absolute atomic E-state index is 11.8. The van der Waals surface area contributed by atoms with E-state index in [4.69, 9.17) is 16.9 Å². The summed E-state index contributed by atoms with van der Waals surface area (Å²) in [5.74, 6) is 0.277. The molecule has 0 aliphatic carbocycles. The Kier molecular flexibility index (Phi) is 4.16. The maximum Gasteiger partial charge on any atom is 0.229 e. The number of hydrogen-bond acceptors (Lipinski definition) is 3. The van der Waals surface area contributed by atoms with E-state index in [-0.39, 0.29) is 18.9 Å². The van der Waals surface area contributed by atoms with Crippen LogP contribution in [0.4, 0.5) is 5.82 Å². The standard InChI is InChI=1S/C13H11ClN4O/c14-11-3-1-10(2-4-11)9-13(19)16-12-5-7-18(17-12)8-6-15/h1-5,7H,8-9H2,(H,16,17,19). The molecule has 0 saturated heterocycles. The van der Waals surface area contributed by atoms with Crippen molar-refractivity contribution in [1.29, 1.82) is 5.26 Å². The van der Waals surface area contributed by atoms with Gasteiger partial charge in [-0.2, -0.15) is 10.4 Å². The van der Waals surface area contributed by atoms with Crippen molar-refractivity contribution in [3.8, 4) is 6.07 Å². The average Bonchev–Trinajstić information content (AvgIpc) is 2.80. The quantitative estimate of drug-likeness (QED) is 0.929. The van der Waals surface area contributed by atoms with Crippen LogP contribution in [0.1, 0.15) is 5.56 Å². The first-order valence-corrected chi connectivity index (χ1v) is 6.00. The number of rotatable bonds is 4. The largest absolute Gasteiger partial charge is 0.309 e. The molecular weight excluding hydrogens is 264 g/mol. The summed E-state index contributed by atoms with van der Waals surface area (Å²) in [5, 5.41) is 15.9. The van der Waals surface area contributed by atoms with Gasteiger partial charge in [-0.05, 0) is 17.7 Å². The maximum atomic E-state index is 11.8. The molecule has 5 nitrogen and oxygen atoms in total. The van der Waals surface area contributed by atoms with Crippen molar-refractivity contribution in [3.05, 3.63) is 47.1 Å². The predicted octanol–water partition coefficient (Wildman–Crippen LogP) is 2.24. The number of nitrogens with zero attached hydrogens (tertiary/aromatic N) is 3. The Labute approximate surface area is 115 Å². The van der Waals surface area contributed by atoms with Crippen LogP contribution in [-0.4, -0.2) is 15.7 Å². The zero-order chi connectivity index (χ0) is 13.7. The molecule has 2 aromatic rings. The van der Waals surface area contributed by atoms with Crippen molar-refractivity contribution in [2.45, 2.75) is 13.0 Å². The van der Waals surface area contributed by atoms with Crippen LogP contribution in [0.15, 0.2) is 36.5 Å². The predicted molar refractivity (Wildman–Crippen MR) is 71.6 cm³/mol. The SMILES string of the molecule is N#CCn1ccc(NC(=O)Cc2ccc(Cl)cc2)n1. The lowest BCUT2D eigenvalue weighted by atomic mass is 10.1. The molecule has 0 bridgehead atoms. The smallest absolute Gasteiger partial charge is 0.229 e. The van der Waals surface area contributed by atoms with E-state index in [1.165, 1.54) is 4.68 Å². The zero-order valence-electron chi connectivity index (χ0n) is 10.0. The molecule has 1 amide bonds. The van der Waals surface area contributed by atoms with Crippen molar-refractivity contribution >= 4 is 23.3 Å². The molecule has 1 aromatic carbocycles. The Hall–Kier alpha value is -2.32. The van der Waals surface area contributed by atoms with E-state index < -0.39 is 0 Å². The van der Waals surface area contributed by atoms with E-state index in [1.54, 1.807) is 36.5 Å². The van der Waals surface area contributed by atoms with Crippen LogP contribution in [0.2, 0.25) is 5.02 Å². The van der Waals surface area contributed by atoms with Crippen molar-refractivity contribution in [1.82, 2.24) is 9.78 Å². The molecule has 0 atom stereocenters. The molecule has 0 aliphatic heterocycles. The number of hydrogen-bond donors (Lipinski definition) is 1. The molecule has 1 heterocycles. The van der Waals surface area contributed by atoms with Crippen LogP contribution in [0.5, 0.6) is 0 Å². The molecule has 19 heavy (non-hydrogen) atoms. The van der Waals surface area contributed by atoms with Gasteiger partial charge < -0.3 is 5.32 Å². The third-order valence-electron chi connectivity index (χ3n) is 2.42. The van der Waals surface area contributed by atoms with Gasteiger partial charge in [0.1, 0.15) is 6.54 Å². The lowest BCUT2D eigenvalue weighted by Gasteiger charge is -2.02. The minimum atomic E-state index is -0.162. The van der Waals surface area contributed by atoms with E-state index in [2.05, 4.69) is 10.4 Å². The van der Waals surface area contributed by atoms with Gasteiger partial charge in [0, 0.05) is 17.3 Å². The summed E-state index contributed by atoms with van der Waals surface area (Å²) in [6.45, 7) is 0.160. The Morgan fingerprint density at radius 3 is 2.79 bits per heavy atom. The van der Waals surface area contributed by atoms with E-state index in [1.807, 2.05) is 6.07 Å². The number of aromatic nitrogens is 2. The van der Waals surface area contributed by atoms with Crippen LogP contribution in [0.25, 0.3) is 0 Å². The fraction of sp³-hybridized carbons (Fsp3) is 0.154. The molecule has 0 radical (unpaired) electrons. The van der Waals surface area contributed by atoms with E-state index in [0.29, 0.717) is 10.8 Å². The van der Waals surface area contributed by atoms with E-state index >= 15 is 0 Å². The third-order valence-corrected chi connectivity index (χ3v) is 2.67. The Balaban J connectivity index is 1.93. The number of nitrogens with one attached hydrogen (secondary N) is 1. The first-order valence-electron chi connectivity index (χ1n) is 5.62. The van der Waals surface area contributed by atoms with Crippen LogP contribution in [-0.2, 0) is 17.8 Å². The summed E-state index contributed by atoms with van der Waals surface area (Å²) in [4.78, 5) is 11.8. The number of nitriles is 1. The first kappa shape index (κ1) is 13.1. The fourth-order valence-electron chi connectivity index (χ4n) is 1.56. The molecule has 2 rings (SSSR count). The van der Waals surface area contributed by atoms with Gasteiger partial charge in [-0.15, -0.1) is 0 Å². The summed E-state index contributed by atoms with van der Waals surface area (Å²) in [6.07, 6.45) is 1.89. The van der Waals surface area contributed by atoms with Crippen LogP contribution >= 0.6 is 11.6 Å². The summed E-state index contributed by atoms with van der Waals surface area (Å²) in [5.41, 5.74) is 0.873. The number of anilines is 1. The molecule has 0 unspecified atom stereocenters. The molecule has 0 aliphatic rings. The molecule has 0 fully saturated rings. The minimum Gasteiger partial charge on any atom is -0.309 e. The molecule has 0 spiro atoms. The van der Waals surface area contributed by atoms with Gasteiger partial charge in [0.15, 0.2) is 5.82 Å². The van der Waals surface area contributed by atoms with Crippen molar-refractivity contribution in [3.63, 3.8) is 0 Å². The second kappa shape index (κ2) is 6.03. The average molecular weight is 275 g/mol. The summed E-state index contributed by atoms with van der Waals surface area (Å²) >= 11 is 5.77. The first-order chi connectivity index (χ1) is 9.17. The summed E-state index contributed by atoms with van der Waals surface area (Å²) in [6, 6.07) is 10.7. The van der Waals surface area contributed by atoms with E-state index in [0.717, 1.165) is 5.56 Å². The summed E-state index contributed by atoms with van der Waals surface area (Å²) < 4.78 is 1.46. The highest BCUT2D eigenvalue weighted by atomic mass is 35.5. The van der Waals surface area contributed by atoms with Crippen LogP contribution < -0.4 is 5.32 Å². The second-order valence-electron chi connectivity index (χ2n) is 3.91.